The number of ether oxygens (including phenoxy) is 3. The van der Waals surface area contributed by atoms with Gasteiger partial charge in [0.05, 0.1) is 26.0 Å². The largest absolute Gasteiger partial charge is 0.497 e. The highest BCUT2D eigenvalue weighted by molar-refractivity contribution is 5.60. The molecule has 4 heteroatoms. The van der Waals surface area contributed by atoms with E-state index >= 15 is 0 Å². The molecule has 0 spiro atoms. The van der Waals surface area contributed by atoms with Gasteiger partial charge in [0.1, 0.15) is 17.2 Å². The number of hydrogen-bond acceptors (Lipinski definition) is 4. The second-order valence-corrected chi connectivity index (χ2v) is 5.23. The molecule has 0 amide bonds. The first-order valence-corrected chi connectivity index (χ1v) is 7.34. The molecule has 2 aromatic carbocycles. The van der Waals surface area contributed by atoms with Gasteiger partial charge in [-0.3, -0.25) is 0 Å². The Morgan fingerprint density at radius 3 is 2.45 bits per heavy atom. The highest BCUT2D eigenvalue weighted by atomic mass is 16.5. The van der Waals surface area contributed by atoms with E-state index in [9.17, 15) is 0 Å². The minimum Gasteiger partial charge on any atom is -0.497 e. The van der Waals surface area contributed by atoms with Crippen molar-refractivity contribution < 1.29 is 14.2 Å². The van der Waals surface area contributed by atoms with Crippen molar-refractivity contribution in [3.63, 3.8) is 0 Å². The van der Waals surface area contributed by atoms with Crippen molar-refractivity contribution in [2.75, 3.05) is 19.5 Å². The maximum Gasteiger partial charge on any atom is 0.142 e. The Hall–Kier alpha value is -2.36. The fraction of sp³-hybridized carbons (Fsp3) is 0.333. The molecule has 0 fully saturated rings. The summed E-state index contributed by atoms with van der Waals surface area (Å²) in [6, 6.07) is 13.8. The normalized spacial score (nSPS) is 10.4. The lowest BCUT2D eigenvalue weighted by molar-refractivity contribution is 0.242. The van der Waals surface area contributed by atoms with Crippen molar-refractivity contribution in [1.29, 1.82) is 0 Å². The molecule has 0 aromatic heterocycles. The lowest BCUT2D eigenvalue weighted by Crippen LogP contribution is -2.06. The van der Waals surface area contributed by atoms with Gasteiger partial charge in [-0.1, -0.05) is 12.1 Å². The van der Waals surface area contributed by atoms with Crippen molar-refractivity contribution in [2.24, 2.45) is 0 Å². The summed E-state index contributed by atoms with van der Waals surface area (Å²) in [6.07, 6.45) is 0.168. The second-order valence-electron chi connectivity index (χ2n) is 5.23. The van der Waals surface area contributed by atoms with Crippen LogP contribution in [0.15, 0.2) is 42.5 Å². The van der Waals surface area contributed by atoms with Gasteiger partial charge < -0.3 is 19.5 Å². The van der Waals surface area contributed by atoms with E-state index in [2.05, 4.69) is 11.4 Å². The summed E-state index contributed by atoms with van der Waals surface area (Å²) in [7, 11) is 3.31. The molecule has 118 valence electrons. The first kappa shape index (κ1) is 16.0. The van der Waals surface area contributed by atoms with Crippen molar-refractivity contribution in [3.8, 4) is 17.2 Å². The van der Waals surface area contributed by atoms with Crippen LogP contribution in [0.2, 0.25) is 0 Å². The summed E-state index contributed by atoms with van der Waals surface area (Å²) in [4.78, 5) is 0. The summed E-state index contributed by atoms with van der Waals surface area (Å²) < 4.78 is 16.3. The van der Waals surface area contributed by atoms with Crippen molar-refractivity contribution in [3.05, 3.63) is 48.0 Å². The average Bonchev–Trinajstić information content (AvgIpc) is 2.52. The van der Waals surface area contributed by atoms with Gasteiger partial charge in [-0.2, -0.15) is 0 Å². The fourth-order valence-electron chi connectivity index (χ4n) is 2.15. The van der Waals surface area contributed by atoms with Gasteiger partial charge in [-0.25, -0.2) is 0 Å². The number of anilines is 1. The molecule has 0 radical (unpaired) electrons. The summed E-state index contributed by atoms with van der Waals surface area (Å²) in [5.74, 6) is 2.46. The van der Waals surface area contributed by atoms with E-state index in [4.69, 9.17) is 14.2 Å². The molecule has 4 nitrogen and oxygen atoms in total. The summed E-state index contributed by atoms with van der Waals surface area (Å²) in [5, 5.41) is 3.38. The van der Waals surface area contributed by atoms with E-state index in [1.165, 1.54) is 0 Å². The third-order valence-electron chi connectivity index (χ3n) is 3.16. The van der Waals surface area contributed by atoms with Gasteiger partial charge in [0, 0.05) is 12.6 Å². The monoisotopic (exact) mass is 301 g/mol. The third kappa shape index (κ3) is 4.32. The zero-order chi connectivity index (χ0) is 15.9. The van der Waals surface area contributed by atoms with E-state index in [1.807, 2.05) is 50.2 Å². The predicted molar refractivity (Wildman–Crippen MR) is 89.1 cm³/mol. The highest BCUT2D eigenvalue weighted by Gasteiger charge is 2.05. The number of methoxy groups -OCH3 is 2. The molecule has 2 rings (SSSR count). The molecule has 0 aliphatic rings. The van der Waals surface area contributed by atoms with E-state index in [0.29, 0.717) is 6.54 Å². The second kappa shape index (κ2) is 7.59. The van der Waals surface area contributed by atoms with Crippen LogP contribution in [0.5, 0.6) is 17.2 Å². The van der Waals surface area contributed by atoms with Crippen LogP contribution in [0.3, 0.4) is 0 Å². The van der Waals surface area contributed by atoms with Crippen LogP contribution >= 0.6 is 0 Å². The SMILES string of the molecule is COc1ccc(OC)c(NCc2cccc(OC(C)C)c2)c1. The topological polar surface area (TPSA) is 39.7 Å². The lowest BCUT2D eigenvalue weighted by Gasteiger charge is -2.14. The molecule has 0 unspecified atom stereocenters. The Morgan fingerprint density at radius 2 is 1.77 bits per heavy atom. The van der Waals surface area contributed by atoms with Crippen LogP contribution in [0.4, 0.5) is 5.69 Å². The molecule has 22 heavy (non-hydrogen) atoms. The molecule has 0 saturated carbocycles. The quantitative estimate of drug-likeness (QED) is 0.835. The van der Waals surface area contributed by atoms with E-state index in [-0.39, 0.29) is 6.10 Å². The number of benzene rings is 2. The summed E-state index contributed by atoms with van der Waals surface area (Å²) in [6.45, 7) is 4.72. The first-order valence-electron chi connectivity index (χ1n) is 7.34. The van der Waals surface area contributed by atoms with E-state index < -0.39 is 0 Å². The molecular formula is C18H23NO3. The van der Waals surface area contributed by atoms with Crippen LogP contribution in [0.1, 0.15) is 19.4 Å². The predicted octanol–water partition coefficient (Wildman–Crippen LogP) is 4.10. The van der Waals surface area contributed by atoms with Gasteiger partial charge >= 0.3 is 0 Å². The zero-order valence-corrected chi connectivity index (χ0v) is 13.6. The van der Waals surface area contributed by atoms with Crippen molar-refractivity contribution in [1.82, 2.24) is 0 Å². The highest BCUT2D eigenvalue weighted by Crippen LogP contribution is 2.29. The van der Waals surface area contributed by atoms with Crippen molar-refractivity contribution in [2.45, 2.75) is 26.5 Å². The first-order chi connectivity index (χ1) is 10.6. The van der Waals surface area contributed by atoms with Crippen LogP contribution in [0, 0.1) is 0 Å². The zero-order valence-electron chi connectivity index (χ0n) is 13.6. The molecule has 0 aliphatic heterocycles. The molecule has 0 aliphatic carbocycles. The Balaban J connectivity index is 2.09. The van der Waals surface area contributed by atoms with Gasteiger partial charge in [0.25, 0.3) is 0 Å². The molecule has 2 aromatic rings. The van der Waals surface area contributed by atoms with Crippen LogP contribution < -0.4 is 19.5 Å². The molecule has 0 atom stereocenters. The van der Waals surface area contributed by atoms with Gasteiger partial charge in [0.15, 0.2) is 0 Å². The van der Waals surface area contributed by atoms with Gasteiger partial charge in [-0.05, 0) is 43.7 Å². The van der Waals surface area contributed by atoms with E-state index in [1.54, 1.807) is 14.2 Å². The Bertz CT molecular complexity index is 611. The number of nitrogens with one attached hydrogen (secondary N) is 1. The lowest BCUT2D eigenvalue weighted by atomic mass is 10.2. The third-order valence-corrected chi connectivity index (χ3v) is 3.16. The van der Waals surface area contributed by atoms with Crippen LogP contribution in [-0.4, -0.2) is 20.3 Å². The molecule has 0 bridgehead atoms. The minimum atomic E-state index is 0.168. The van der Waals surface area contributed by atoms with Gasteiger partial charge in [-0.15, -0.1) is 0 Å². The Kier molecular flexibility index (Phi) is 5.53. The summed E-state index contributed by atoms with van der Waals surface area (Å²) >= 11 is 0. The van der Waals surface area contributed by atoms with Crippen LogP contribution in [-0.2, 0) is 6.54 Å². The smallest absolute Gasteiger partial charge is 0.142 e. The summed E-state index contributed by atoms with van der Waals surface area (Å²) in [5.41, 5.74) is 2.04. The maximum atomic E-state index is 5.72. The number of hydrogen-bond donors (Lipinski definition) is 1. The minimum absolute atomic E-state index is 0.168. The Labute approximate surface area is 132 Å². The molecule has 0 saturated heterocycles. The molecule has 0 heterocycles. The average molecular weight is 301 g/mol. The standard InChI is InChI=1S/C18H23NO3/c1-13(2)22-16-7-5-6-14(10-16)12-19-17-11-15(20-3)8-9-18(17)21-4/h5-11,13,19H,12H2,1-4H3. The fourth-order valence-corrected chi connectivity index (χ4v) is 2.15. The van der Waals surface area contributed by atoms with E-state index in [0.717, 1.165) is 28.5 Å². The van der Waals surface area contributed by atoms with Crippen molar-refractivity contribution >= 4 is 5.69 Å². The molecule has 1 N–H and O–H groups in total. The van der Waals surface area contributed by atoms with Crippen LogP contribution in [0.25, 0.3) is 0 Å². The maximum absolute atomic E-state index is 5.72. The molecular weight excluding hydrogens is 278 g/mol. The number of rotatable bonds is 7. The Morgan fingerprint density at radius 1 is 0.955 bits per heavy atom. The van der Waals surface area contributed by atoms with Gasteiger partial charge in [0.2, 0.25) is 0 Å².